The largest absolute Gasteiger partial charge is 0.497 e. The van der Waals surface area contributed by atoms with Gasteiger partial charge in [-0.3, -0.25) is 4.79 Å². The molecule has 1 amide bonds. The molecular formula is C21H21NO5S. The molecule has 1 N–H and O–H groups in total. The fraction of sp³-hybridized carbons (Fsp3) is 0.190. The van der Waals surface area contributed by atoms with E-state index in [0.717, 1.165) is 5.56 Å². The van der Waals surface area contributed by atoms with Gasteiger partial charge in [-0.1, -0.05) is 17.7 Å². The smallest absolute Gasteiger partial charge is 0.251 e. The van der Waals surface area contributed by atoms with Gasteiger partial charge in [-0.05, 0) is 55.5 Å². The van der Waals surface area contributed by atoms with Gasteiger partial charge in [0.15, 0.2) is 9.84 Å². The standard InChI is InChI=1S/C21H21NO5S/c1-15-5-11-18(12-6-15)28(24,25)20(19-4-3-13-27-19)14-22-21(23)16-7-9-17(26-2)10-8-16/h3-13,20H,14H2,1-2H3,(H,22,23). The molecule has 1 unspecified atom stereocenters. The van der Waals surface area contributed by atoms with E-state index in [1.165, 1.54) is 6.26 Å². The van der Waals surface area contributed by atoms with Gasteiger partial charge in [0.1, 0.15) is 16.8 Å². The highest BCUT2D eigenvalue weighted by Gasteiger charge is 2.31. The minimum absolute atomic E-state index is 0.116. The number of rotatable bonds is 7. The Morgan fingerprint density at radius 2 is 1.75 bits per heavy atom. The van der Waals surface area contributed by atoms with Crippen molar-refractivity contribution in [3.05, 3.63) is 83.8 Å². The van der Waals surface area contributed by atoms with Crippen LogP contribution in [-0.4, -0.2) is 28.0 Å². The summed E-state index contributed by atoms with van der Waals surface area (Å²) in [5, 5.41) is 1.66. The van der Waals surface area contributed by atoms with Gasteiger partial charge < -0.3 is 14.5 Å². The first-order valence-corrected chi connectivity index (χ1v) is 10.2. The van der Waals surface area contributed by atoms with Crippen molar-refractivity contribution in [3.63, 3.8) is 0 Å². The molecule has 0 radical (unpaired) electrons. The first-order chi connectivity index (χ1) is 13.4. The number of sulfone groups is 1. The average molecular weight is 399 g/mol. The molecule has 0 saturated heterocycles. The van der Waals surface area contributed by atoms with Crippen molar-refractivity contribution in [3.8, 4) is 5.75 Å². The lowest BCUT2D eigenvalue weighted by molar-refractivity contribution is 0.0953. The average Bonchev–Trinajstić information content (AvgIpc) is 3.22. The molecular weight excluding hydrogens is 378 g/mol. The molecule has 0 fully saturated rings. The zero-order chi connectivity index (χ0) is 20.1. The quantitative estimate of drug-likeness (QED) is 0.657. The number of carbonyl (C=O) groups is 1. The lowest BCUT2D eigenvalue weighted by atomic mass is 10.2. The van der Waals surface area contributed by atoms with E-state index in [4.69, 9.17) is 9.15 Å². The van der Waals surface area contributed by atoms with Crippen LogP contribution >= 0.6 is 0 Å². The highest BCUT2D eigenvalue weighted by molar-refractivity contribution is 7.91. The molecule has 146 valence electrons. The topological polar surface area (TPSA) is 85.6 Å². The van der Waals surface area contributed by atoms with Crippen LogP contribution in [0.25, 0.3) is 0 Å². The van der Waals surface area contributed by atoms with Crippen LogP contribution in [0.2, 0.25) is 0 Å². The third-order valence-corrected chi connectivity index (χ3v) is 6.46. The minimum Gasteiger partial charge on any atom is -0.497 e. The molecule has 7 heteroatoms. The van der Waals surface area contributed by atoms with Crippen molar-refractivity contribution in [2.75, 3.05) is 13.7 Å². The van der Waals surface area contributed by atoms with Crippen molar-refractivity contribution >= 4 is 15.7 Å². The van der Waals surface area contributed by atoms with E-state index in [1.54, 1.807) is 67.8 Å². The van der Waals surface area contributed by atoms with E-state index >= 15 is 0 Å². The number of methoxy groups -OCH3 is 1. The molecule has 28 heavy (non-hydrogen) atoms. The second kappa shape index (κ2) is 8.31. The lowest BCUT2D eigenvalue weighted by Crippen LogP contribution is -2.31. The van der Waals surface area contributed by atoms with Gasteiger partial charge >= 0.3 is 0 Å². The normalized spacial score (nSPS) is 12.4. The summed E-state index contributed by atoms with van der Waals surface area (Å²) in [5.41, 5.74) is 1.37. The first kappa shape index (κ1) is 19.7. The third-order valence-electron chi connectivity index (χ3n) is 4.38. The fourth-order valence-corrected chi connectivity index (χ4v) is 4.35. The van der Waals surface area contributed by atoms with Gasteiger partial charge in [-0.15, -0.1) is 0 Å². The van der Waals surface area contributed by atoms with Gasteiger partial charge in [0.05, 0.1) is 18.3 Å². The van der Waals surface area contributed by atoms with Crippen molar-refractivity contribution in [2.45, 2.75) is 17.1 Å². The Morgan fingerprint density at radius 3 is 2.32 bits per heavy atom. The number of amides is 1. The predicted octanol–water partition coefficient (Wildman–Crippen LogP) is 3.54. The molecule has 0 spiro atoms. The molecule has 3 rings (SSSR count). The first-order valence-electron chi connectivity index (χ1n) is 8.68. The highest BCUT2D eigenvalue weighted by atomic mass is 32.2. The predicted molar refractivity (Wildman–Crippen MR) is 105 cm³/mol. The Balaban J connectivity index is 1.83. The van der Waals surface area contributed by atoms with Crippen LogP contribution in [-0.2, 0) is 9.84 Å². The molecule has 0 aliphatic carbocycles. The van der Waals surface area contributed by atoms with Crippen LogP contribution < -0.4 is 10.1 Å². The van der Waals surface area contributed by atoms with Gasteiger partial charge in [-0.25, -0.2) is 8.42 Å². The molecule has 3 aromatic rings. The van der Waals surface area contributed by atoms with Crippen LogP contribution in [0.1, 0.15) is 26.9 Å². The second-order valence-electron chi connectivity index (χ2n) is 6.30. The summed E-state index contributed by atoms with van der Waals surface area (Å²) in [5.74, 6) is 0.529. The number of ether oxygens (including phenoxy) is 1. The molecule has 0 saturated carbocycles. The molecule has 0 aliphatic rings. The van der Waals surface area contributed by atoms with Crippen molar-refractivity contribution < 1.29 is 22.4 Å². The van der Waals surface area contributed by atoms with E-state index in [0.29, 0.717) is 11.3 Å². The molecule has 1 atom stereocenters. The zero-order valence-electron chi connectivity index (χ0n) is 15.6. The zero-order valence-corrected chi connectivity index (χ0v) is 16.4. The van der Waals surface area contributed by atoms with E-state index in [9.17, 15) is 13.2 Å². The maximum absolute atomic E-state index is 13.1. The maximum atomic E-state index is 13.1. The van der Waals surface area contributed by atoms with Crippen molar-refractivity contribution in [2.24, 2.45) is 0 Å². The molecule has 2 aromatic carbocycles. The Kier molecular flexibility index (Phi) is 5.84. The summed E-state index contributed by atoms with van der Waals surface area (Å²) in [7, 11) is -2.22. The van der Waals surface area contributed by atoms with Gasteiger partial charge in [-0.2, -0.15) is 0 Å². The summed E-state index contributed by atoms with van der Waals surface area (Å²) in [6, 6.07) is 16.4. The summed E-state index contributed by atoms with van der Waals surface area (Å²) in [4.78, 5) is 12.6. The monoisotopic (exact) mass is 399 g/mol. The summed E-state index contributed by atoms with van der Waals surface area (Å²) >= 11 is 0. The van der Waals surface area contributed by atoms with Gasteiger partial charge in [0.2, 0.25) is 0 Å². The van der Waals surface area contributed by atoms with Crippen LogP contribution in [0.3, 0.4) is 0 Å². The van der Waals surface area contributed by atoms with Crippen molar-refractivity contribution in [1.82, 2.24) is 5.32 Å². The highest BCUT2D eigenvalue weighted by Crippen LogP contribution is 2.29. The molecule has 6 nitrogen and oxygen atoms in total. The maximum Gasteiger partial charge on any atom is 0.251 e. The van der Waals surface area contributed by atoms with Gasteiger partial charge in [0, 0.05) is 12.1 Å². The van der Waals surface area contributed by atoms with Crippen LogP contribution in [0.4, 0.5) is 0 Å². The fourth-order valence-electron chi connectivity index (χ4n) is 2.76. The van der Waals surface area contributed by atoms with Crippen LogP contribution in [0.5, 0.6) is 5.75 Å². The molecule has 1 aromatic heterocycles. The molecule has 0 bridgehead atoms. The van der Waals surface area contributed by atoms with E-state index < -0.39 is 15.1 Å². The Hall–Kier alpha value is -3.06. The Morgan fingerprint density at radius 1 is 1.07 bits per heavy atom. The minimum atomic E-state index is -3.76. The number of carbonyl (C=O) groups excluding carboxylic acids is 1. The van der Waals surface area contributed by atoms with E-state index in [1.807, 2.05) is 6.92 Å². The number of aryl methyl sites for hydroxylation is 1. The number of benzene rings is 2. The number of hydrogen-bond acceptors (Lipinski definition) is 5. The summed E-state index contributed by atoms with van der Waals surface area (Å²) < 4.78 is 36.7. The number of furan rings is 1. The Labute approximate surface area is 164 Å². The molecule has 1 heterocycles. The summed E-state index contributed by atoms with van der Waals surface area (Å²) in [6.45, 7) is 1.77. The molecule has 0 aliphatic heterocycles. The second-order valence-corrected chi connectivity index (χ2v) is 8.43. The number of hydrogen-bond donors (Lipinski definition) is 1. The van der Waals surface area contributed by atoms with Crippen LogP contribution in [0, 0.1) is 6.92 Å². The Bertz CT molecular complexity index is 1020. The SMILES string of the molecule is COc1ccc(C(=O)NCC(c2ccco2)S(=O)(=O)c2ccc(C)cc2)cc1. The number of nitrogens with one attached hydrogen (secondary N) is 1. The lowest BCUT2D eigenvalue weighted by Gasteiger charge is -2.17. The van der Waals surface area contributed by atoms with Gasteiger partial charge in [0.25, 0.3) is 5.91 Å². The van der Waals surface area contributed by atoms with E-state index in [2.05, 4.69) is 5.32 Å². The van der Waals surface area contributed by atoms with E-state index in [-0.39, 0.29) is 23.1 Å². The summed E-state index contributed by atoms with van der Waals surface area (Å²) in [6.07, 6.45) is 1.41. The van der Waals surface area contributed by atoms with Crippen molar-refractivity contribution in [1.29, 1.82) is 0 Å². The third kappa shape index (κ3) is 4.26. The van der Waals surface area contributed by atoms with Crippen LogP contribution in [0.15, 0.2) is 76.2 Å².